The molecule has 28 heavy (non-hydrogen) atoms. The van der Waals surface area contributed by atoms with Gasteiger partial charge in [-0.15, -0.1) is 0 Å². The van der Waals surface area contributed by atoms with Crippen LogP contribution in [0.4, 0.5) is 15.8 Å². The molecule has 1 aliphatic rings. The highest BCUT2D eigenvalue weighted by Gasteiger charge is 2.20. The largest absolute Gasteiger partial charge is 0.325 e. The van der Waals surface area contributed by atoms with Gasteiger partial charge in [0.1, 0.15) is 5.82 Å². The van der Waals surface area contributed by atoms with E-state index in [1.165, 1.54) is 24.3 Å². The molecule has 6 nitrogen and oxygen atoms in total. The lowest BCUT2D eigenvalue weighted by Gasteiger charge is -2.33. The van der Waals surface area contributed by atoms with Crippen molar-refractivity contribution in [3.05, 3.63) is 59.9 Å². The van der Waals surface area contributed by atoms with E-state index < -0.39 is 0 Å². The monoisotopic (exact) mass is 384 g/mol. The fourth-order valence-electron chi connectivity index (χ4n) is 3.17. The van der Waals surface area contributed by atoms with Crippen molar-refractivity contribution in [2.24, 2.45) is 0 Å². The number of piperazine rings is 1. The van der Waals surface area contributed by atoms with E-state index >= 15 is 0 Å². The molecule has 3 rings (SSSR count). The Kier molecular flexibility index (Phi) is 6.73. The molecule has 0 unspecified atom stereocenters. The number of halogens is 1. The topological polar surface area (TPSA) is 64.7 Å². The van der Waals surface area contributed by atoms with E-state index in [-0.39, 0.29) is 24.2 Å². The van der Waals surface area contributed by atoms with Gasteiger partial charge in [0.25, 0.3) is 0 Å². The summed E-state index contributed by atoms with van der Waals surface area (Å²) in [6.07, 6.45) is 0. The van der Waals surface area contributed by atoms with Gasteiger partial charge in [-0.2, -0.15) is 0 Å². The summed E-state index contributed by atoms with van der Waals surface area (Å²) in [6, 6.07) is 13.4. The van der Waals surface area contributed by atoms with Gasteiger partial charge in [0.15, 0.2) is 0 Å². The van der Waals surface area contributed by atoms with Gasteiger partial charge in [-0.1, -0.05) is 12.1 Å². The molecular weight excluding hydrogens is 359 g/mol. The van der Waals surface area contributed by atoms with Crippen molar-refractivity contribution in [2.45, 2.75) is 6.92 Å². The maximum Gasteiger partial charge on any atom is 0.238 e. The Morgan fingerprint density at radius 3 is 1.93 bits per heavy atom. The predicted molar refractivity (Wildman–Crippen MR) is 108 cm³/mol. The van der Waals surface area contributed by atoms with Crippen molar-refractivity contribution < 1.29 is 14.0 Å². The van der Waals surface area contributed by atoms with E-state index in [1.807, 2.05) is 36.1 Å². The third-order valence-corrected chi connectivity index (χ3v) is 4.63. The van der Waals surface area contributed by atoms with E-state index in [0.29, 0.717) is 25.3 Å². The normalized spacial score (nSPS) is 15.2. The second-order valence-corrected chi connectivity index (χ2v) is 7.03. The van der Waals surface area contributed by atoms with Gasteiger partial charge in [0.05, 0.1) is 13.1 Å². The average molecular weight is 384 g/mol. The lowest BCUT2D eigenvalue weighted by Crippen LogP contribution is -2.50. The zero-order valence-electron chi connectivity index (χ0n) is 16.0. The van der Waals surface area contributed by atoms with Crippen molar-refractivity contribution in [3.63, 3.8) is 0 Å². The summed E-state index contributed by atoms with van der Waals surface area (Å²) in [6.45, 7) is 5.49. The lowest BCUT2D eigenvalue weighted by atomic mass is 10.2. The van der Waals surface area contributed by atoms with Gasteiger partial charge < -0.3 is 10.6 Å². The SMILES string of the molecule is Cc1cccc(NC(=O)CN2CCN(CC(=O)Nc3ccc(F)cc3)CC2)c1. The van der Waals surface area contributed by atoms with E-state index in [1.54, 1.807) is 0 Å². The van der Waals surface area contributed by atoms with Crippen molar-refractivity contribution in [1.29, 1.82) is 0 Å². The minimum Gasteiger partial charge on any atom is -0.325 e. The highest BCUT2D eigenvalue weighted by Crippen LogP contribution is 2.11. The summed E-state index contributed by atoms with van der Waals surface area (Å²) in [5.41, 5.74) is 2.49. The van der Waals surface area contributed by atoms with Crippen LogP contribution in [0.2, 0.25) is 0 Å². The van der Waals surface area contributed by atoms with Crippen LogP contribution >= 0.6 is 0 Å². The maximum absolute atomic E-state index is 12.9. The molecule has 1 aliphatic heterocycles. The number of aryl methyl sites for hydroxylation is 1. The molecule has 0 atom stereocenters. The molecule has 0 radical (unpaired) electrons. The van der Waals surface area contributed by atoms with E-state index in [4.69, 9.17) is 0 Å². The van der Waals surface area contributed by atoms with Crippen molar-refractivity contribution in [3.8, 4) is 0 Å². The fraction of sp³-hybridized carbons (Fsp3) is 0.333. The zero-order chi connectivity index (χ0) is 19.9. The molecule has 1 saturated heterocycles. The molecule has 0 bridgehead atoms. The second-order valence-electron chi connectivity index (χ2n) is 7.03. The van der Waals surface area contributed by atoms with Crippen LogP contribution < -0.4 is 10.6 Å². The smallest absolute Gasteiger partial charge is 0.238 e. The summed E-state index contributed by atoms with van der Waals surface area (Å²) in [7, 11) is 0. The molecule has 7 heteroatoms. The van der Waals surface area contributed by atoms with Crippen molar-refractivity contribution in [1.82, 2.24) is 9.80 Å². The molecule has 2 aromatic rings. The van der Waals surface area contributed by atoms with Crippen LogP contribution in [0.15, 0.2) is 48.5 Å². The van der Waals surface area contributed by atoms with Gasteiger partial charge in [-0.25, -0.2) is 4.39 Å². The fourth-order valence-corrected chi connectivity index (χ4v) is 3.17. The van der Waals surface area contributed by atoms with Crippen LogP contribution in [0, 0.1) is 12.7 Å². The zero-order valence-corrected chi connectivity index (χ0v) is 16.0. The lowest BCUT2D eigenvalue weighted by molar-refractivity contribution is -0.120. The third kappa shape index (κ3) is 6.14. The molecule has 0 spiro atoms. The quantitative estimate of drug-likeness (QED) is 0.802. The van der Waals surface area contributed by atoms with Gasteiger partial charge in [-0.3, -0.25) is 19.4 Å². The molecule has 0 saturated carbocycles. The van der Waals surface area contributed by atoms with Gasteiger partial charge >= 0.3 is 0 Å². The Bertz CT molecular complexity index is 817. The minimum atomic E-state index is -0.333. The molecule has 0 aromatic heterocycles. The van der Waals surface area contributed by atoms with E-state index in [2.05, 4.69) is 15.5 Å². The molecule has 1 fully saturated rings. The Labute approximate surface area is 164 Å². The number of nitrogens with one attached hydrogen (secondary N) is 2. The number of carbonyl (C=O) groups is 2. The maximum atomic E-state index is 12.9. The van der Waals surface area contributed by atoms with Crippen LogP contribution in [0.1, 0.15) is 5.56 Å². The highest BCUT2D eigenvalue weighted by molar-refractivity contribution is 5.92. The van der Waals surface area contributed by atoms with Crippen LogP contribution in [-0.4, -0.2) is 60.9 Å². The summed E-state index contributed by atoms with van der Waals surface area (Å²) in [4.78, 5) is 28.5. The summed E-state index contributed by atoms with van der Waals surface area (Å²) in [5, 5.41) is 5.69. The molecule has 2 aromatic carbocycles. The molecular formula is C21H25FN4O2. The molecule has 2 amide bonds. The number of anilines is 2. The standard InChI is InChI=1S/C21H25FN4O2/c1-16-3-2-4-19(13-16)24-21(28)15-26-11-9-25(10-12-26)14-20(27)23-18-7-5-17(22)6-8-18/h2-8,13H,9-12,14-15H2,1H3,(H,23,27)(H,24,28). The van der Waals surface area contributed by atoms with Gasteiger partial charge in [-0.05, 0) is 48.9 Å². The number of nitrogens with zero attached hydrogens (tertiary/aromatic N) is 2. The number of amides is 2. The summed E-state index contributed by atoms with van der Waals surface area (Å²) in [5.74, 6) is -0.495. The second kappa shape index (κ2) is 9.43. The first-order valence-electron chi connectivity index (χ1n) is 9.34. The average Bonchev–Trinajstić information content (AvgIpc) is 2.65. The Morgan fingerprint density at radius 1 is 0.857 bits per heavy atom. The molecule has 2 N–H and O–H groups in total. The summed E-state index contributed by atoms with van der Waals surface area (Å²) < 4.78 is 12.9. The predicted octanol–water partition coefficient (Wildman–Crippen LogP) is 2.33. The Morgan fingerprint density at radius 2 is 1.39 bits per heavy atom. The first-order chi connectivity index (χ1) is 13.5. The van der Waals surface area contributed by atoms with Crippen LogP contribution in [0.5, 0.6) is 0 Å². The van der Waals surface area contributed by atoms with Crippen molar-refractivity contribution >= 4 is 23.2 Å². The number of benzene rings is 2. The number of carbonyl (C=O) groups excluding carboxylic acids is 2. The number of rotatable bonds is 6. The third-order valence-electron chi connectivity index (χ3n) is 4.63. The Hall–Kier alpha value is -2.77. The number of hydrogen-bond acceptors (Lipinski definition) is 4. The first-order valence-corrected chi connectivity index (χ1v) is 9.34. The van der Waals surface area contributed by atoms with Crippen LogP contribution in [0.25, 0.3) is 0 Å². The van der Waals surface area contributed by atoms with Crippen molar-refractivity contribution in [2.75, 3.05) is 49.9 Å². The summed E-state index contributed by atoms with van der Waals surface area (Å²) >= 11 is 0. The molecule has 0 aliphatic carbocycles. The minimum absolute atomic E-state index is 0.0342. The van der Waals surface area contributed by atoms with E-state index in [0.717, 1.165) is 24.3 Å². The molecule has 1 heterocycles. The van der Waals surface area contributed by atoms with Crippen LogP contribution in [-0.2, 0) is 9.59 Å². The van der Waals surface area contributed by atoms with Gasteiger partial charge in [0.2, 0.25) is 11.8 Å². The highest BCUT2D eigenvalue weighted by atomic mass is 19.1. The first kappa shape index (κ1) is 20.0. The Balaban J connectivity index is 1.38. The number of hydrogen-bond donors (Lipinski definition) is 2. The molecule has 148 valence electrons. The van der Waals surface area contributed by atoms with E-state index in [9.17, 15) is 14.0 Å². The van der Waals surface area contributed by atoms with Gasteiger partial charge in [0, 0.05) is 37.6 Å². The van der Waals surface area contributed by atoms with Crippen LogP contribution in [0.3, 0.4) is 0 Å².